The fourth-order valence-corrected chi connectivity index (χ4v) is 2.93. The second-order valence-corrected chi connectivity index (χ2v) is 6.40. The minimum atomic E-state index is -0.0437. The highest BCUT2D eigenvalue weighted by Gasteiger charge is 2.17. The van der Waals surface area contributed by atoms with E-state index >= 15 is 0 Å². The minimum absolute atomic E-state index is 0.0437. The largest absolute Gasteiger partial charge is 0.350 e. The Balaban J connectivity index is 2.54. The Morgan fingerprint density at radius 1 is 1.32 bits per heavy atom. The van der Waals surface area contributed by atoms with E-state index in [2.05, 4.69) is 25.4 Å². The van der Waals surface area contributed by atoms with E-state index in [1.54, 1.807) is 24.3 Å². The molecule has 0 heterocycles. The predicted molar refractivity (Wildman–Crippen MR) is 84.9 cm³/mol. The van der Waals surface area contributed by atoms with Crippen molar-refractivity contribution in [2.75, 3.05) is 6.26 Å². The second kappa shape index (κ2) is 7.81. The van der Waals surface area contributed by atoms with Gasteiger partial charge in [0.15, 0.2) is 0 Å². The molecule has 1 radical (unpaired) electrons. The highest BCUT2D eigenvalue weighted by molar-refractivity contribution is 7.99. The molecule has 1 aromatic carbocycles. The van der Waals surface area contributed by atoms with E-state index in [0.29, 0.717) is 15.8 Å². The van der Waals surface area contributed by atoms with Crippen molar-refractivity contribution in [3.8, 4) is 0 Å². The summed E-state index contributed by atoms with van der Waals surface area (Å²) < 4.78 is 0. The molecule has 0 spiro atoms. The second-order valence-electron chi connectivity index (χ2n) is 4.92. The Morgan fingerprint density at radius 2 is 1.89 bits per heavy atom. The van der Waals surface area contributed by atoms with Crippen LogP contribution in [0.25, 0.3) is 0 Å². The van der Waals surface area contributed by atoms with Crippen LogP contribution in [0.4, 0.5) is 0 Å². The molecule has 4 heteroatoms. The molecule has 1 N–H and O–H groups in total. The third kappa shape index (κ3) is 5.45. The molecule has 0 aliphatic rings. The Kier molecular flexibility index (Phi) is 6.73. The average molecular weight is 299 g/mol. The number of carbonyl (C=O) groups is 1. The van der Waals surface area contributed by atoms with Crippen molar-refractivity contribution in [1.29, 1.82) is 0 Å². The van der Waals surface area contributed by atoms with Gasteiger partial charge in [0.1, 0.15) is 0 Å². The molecule has 1 aromatic rings. The van der Waals surface area contributed by atoms with Crippen molar-refractivity contribution < 1.29 is 4.79 Å². The minimum Gasteiger partial charge on any atom is -0.350 e. The maximum atomic E-state index is 12.0. The molecule has 19 heavy (non-hydrogen) atoms. The summed E-state index contributed by atoms with van der Waals surface area (Å²) in [6.45, 7) is 6.31. The number of hydrogen-bond donors (Lipinski definition) is 1. The van der Waals surface area contributed by atoms with Gasteiger partial charge in [-0.2, -0.15) is 11.8 Å². The monoisotopic (exact) mass is 298 g/mol. The van der Waals surface area contributed by atoms with Gasteiger partial charge in [-0.05, 0) is 49.8 Å². The van der Waals surface area contributed by atoms with Gasteiger partial charge >= 0.3 is 0 Å². The van der Waals surface area contributed by atoms with Crippen LogP contribution in [0.5, 0.6) is 0 Å². The summed E-state index contributed by atoms with van der Waals surface area (Å²) in [5, 5.41) is 4.16. The van der Waals surface area contributed by atoms with Crippen molar-refractivity contribution in [2.24, 2.45) is 0 Å². The topological polar surface area (TPSA) is 29.1 Å². The quantitative estimate of drug-likeness (QED) is 0.853. The maximum absolute atomic E-state index is 12.0. The fourth-order valence-electron chi connectivity index (χ4n) is 1.86. The summed E-state index contributed by atoms with van der Waals surface area (Å²) in [7, 11) is 0. The normalized spacial score (nSPS) is 14.2. The lowest BCUT2D eigenvalue weighted by Gasteiger charge is -2.23. The van der Waals surface area contributed by atoms with Crippen LogP contribution in [-0.2, 0) is 0 Å². The number of carbonyl (C=O) groups excluding carboxylic acids is 1. The summed E-state index contributed by atoms with van der Waals surface area (Å²) in [5.41, 5.74) is 0.647. The molecule has 0 saturated carbocycles. The van der Waals surface area contributed by atoms with E-state index in [-0.39, 0.29) is 11.9 Å². The van der Waals surface area contributed by atoms with Gasteiger partial charge in [0.2, 0.25) is 0 Å². The number of rotatable bonds is 6. The lowest BCUT2D eigenvalue weighted by atomic mass is 10.0. The van der Waals surface area contributed by atoms with E-state index in [1.807, 2.05) is 18.7 Å². The van der Waals surface area contributed by atoms with Crippen LogP contribution in [0, 0.1) is 5.92 Å². The van der Waals surface area contributed by atoms with Crippen LogP contribution in [-0.4, -0.2) is 23.5 Å². The number of amides is 1. The molecule has 0 bridgehead atoms. The van der Waals surface area contributed by atoms with Crippen LogP contribution in [0.2, 0.25) is 5.02 Å². The van der Waals surface area contributed by atoms with Crippen molar-refractivity contribution in [2.45, 2.75) is 38.5 Å². The zero-order chi connectivity index (χ0) is 14.4. The van der Waals surface area contributed by atoms with Crippen molar-refractivity contribution in [3.63, 3.8) is 0 Å². The van der Waals surface area contributed by atoms with E-state index < -0.39 is 0 Å². The molecule has 0 saturated heterocycles. The number of halogens is 1. The van der Waals surface area contributed by atoms with Gasteiger partial charge in [0.25, 0.3) is 5.91 Å². The predicted octanol–water partition coefficient (Wildman–Crippen LogP) is 4.19. The highest BCUT2D eigenvalue weighted by atomic mass is 35.5. The van der Waals surface area contributed by atoms with Crippen LogP contribution in [0.15, 0.2) is 24.3 Å². The summed E-state index contributed by atoms with van der Waals surface area (Å²) in [4.78, 5) is 12.0. The van der Waals surface area contributed by atoms with E-state index in [9.17, 15) is 4.79 Å². The molecule has 105 valence electrons. The zero-order valence-corrected chi connectivity index (χ0v) is 13.4. The first kappa shape index (κ1) is 16.4. The maximum Gasteiger partial charge on any atom is 0.251 e. The fraction of sp³-hybridized carbons (Fsp3) is 0.467. The highest BCUT2D eigenvalue weighted by Crippen LogP contribution is 2.23. The smallest absolute Gasteiger partial charge is 0.251 e. The Morgan fingerprint density at radius 3 is 2.37 bits per heavy atom. The third-order valence-electron chi connectivity index (χ3n) is 2.98. The van der Waals surface area contributed by atoms with Crippen molar-refractivity contribution >= 4 is 29.3 Å². The molecular formula is C15H21ClNOS. The van der Waals surface area contributed by atoms with Crippen LogP contribution < -0.4 is 5.32 Å². The van der Waals surface area contributed by atoms with Gasteiger partial charge in [-0.3, -0.25) is 4.79 Å². The first-order valence-corrected chi connectivity index (χ1v) is 8.00. The van der Waals surface area contributed by atoms with Crippen molar-refractivity contribution in [3.05, 3.63) is 40.8 Å². The molecule has 2 nitrogen and oxygen atoms in total. The first-order valence-electron chi connectivity index (χ1n) is 6.33. The summed E-state index contributed by atoms with van der Waals surface area (Å²) >= 11 is 7.63. The van der Waals surface area contributed by atoms with Gasteiger partial charge in [0.05, 0.1) is 0 Å². The average Bonchev–Trinajstić information content (AvgIpc) is 2.36. The van der Waals surface area contributed by atoms with Gasteiger partial charge in [-0.15, -0.1) is 0 Å². The molecule has 1 amide bonds. The number of nitrogens with one attached hydrogen (secondary N) is 1. The van der Waals surface area contributed by atoms with Crippen LogP contribution in [0.3, 0.4) is 0 Å². The van der Waals surface area contributed by atoms with Crippen molar-refractivity contribution in [1.82, 2.24) is 5.32 Å². The molecular weight excluding hydrogens is 278 g/mol. The summed E-state index contributed by atoms with van der Waals surface area (Å²) in [6, 6.07) is 7.10. The molecule has 2 atom stereocenters. The standard InChI is InChI=1S/C15H21ClNOS/c1-10(2)14(19-4)9-11(3)17-15(18)12-5-7-13(16)8-6-12/h5-8,11,14H,9H2,1-4H3,(H,17,18). The molecule has 0 aromatic heterocycles. The SMILES string of the molecule is CSC(CC(C)NC(=O)c1ccc(Cl)cc1)[C](C)C. The summed E-state index contributed by atoms with van der Waals surface area (Å²) in [5.74, 6) is 1.35. The number of hydrogen-bond acceptors (Lipinski definition) is 2. The zero-order valence-electron chi connectivity index (χ0n) is 11.9. The van der Waals surface area contributed by atoms with Crippen LogP contribution >= 0.6 is 23.4 Å². The van der Waals surface area contributed by atoms with E-state index in [0.717, 1.165) is 6.42 Å². The summed E-state index contributed by atoms with van der Waals surface area (Å²) in [6.07, 6.45) is 3.05. The Hall–Kier alpha value is -0.670. The molecule has 1 rings (SSSR count). The first-order chi connectivity index (χ1) is 8.93. The third-order valence-corrected chi connectivity index (χ3v) is 4.46. The molecule has 0 fully saturated rings. The van der Waals surface area contributed by atoms with Gasteiger partial charge < -0.3 is 5.32 Å². The number of thioether (sulfide) groups is 1. The van der Waals surface area contributed by atoms with Gasteiger partial charge in [-0.1, -0.05) is 25.4 Å². The van der Waals surface area contributed by atoms with E-state index in [4.69, 9.17) is 11.6 Å². The lowest BCUT2D eigenvalue weighted by molar-refractivity contribution is 0.0938. The molecule has 2 unspecified atom stereocenters. The van der Waals surface area contributed by atoms with Crippen LogP contribution in [0.1, 0.15) is 37.6 Å². The Labute approximate surface area is 125 Å². The van der Waals surface area contributed by atoms with Gasteiger partial charge in [0, 0.05) is 21.9 Å². The lowest BCUT2D eigenvalue weighted by Crippen LogP contribution is -2.35. The molecule has 0 aliphatic heterocycles. The van der Waals surface area contributed by atoms with Gasteiger partial charge in [-0.25, -0.2) is 0 Å². The Bertz CT molecular complexity index is 405. The van der Waals surface area contributed by atoms with E-state index in [1.165, 1.54) is 5.92 Å². The molecule has 0 aliphatic carbocycles. The number of benzene rings is 1.